The molecule has 5 heteroatoms. The Bertz CT molecular complexity index is 540. The average molecular weight is 290 g/mol. The van der Waals surface area contributed by atoms with E-state index >= 15 is 0 Å². The summed E-state index contributed by atoms with van der Waals surface area (Å²) in [5, 5.41) is 0. The molecule has 1 aromatic carbocycles. The summed E-state index contributed by atoms with van der Waals surface area (Å²) in [4.78, 5) is 28.1. The molecule has 1 heterocycles. The van der Waals surface area contributed by atoms with Crippen molar-refractivity contribution in [3.63, 3.8) is 0 Å². The average Bonchev–Trinajstić information content (AvgIpc) is 3.33. The molecule has 21 heavy (non-hydrogen) atoms. The van der Waals surface area contributed by atoms with Gasteiger partial charge in [0.1, 0.15) is 5.82 Å². The Morgan fingerprint density at radius 2 is 1.57 bits per heavy atom. The number of halogens is 1. The maximum atomic E-state index is 12.9. The van der Waals surface area contributed by atoms with Crippen LogP contribution in [0.5, 0.6) is 0 Å². The Kier molecular flexibility index (Phi) is 3.90. The van der Waals surface area contributed by atoms with Crippen molar-refractivity contribution in [1.82, 2.24) is 9.80 Å². The molecule has 0 radical (unpaired) electrons. The molecule has 1 aliphatic carbocycles. The Hall–Kier alpha value is -1.91. The molecule has 0 spiro atoms. The largest absolute Gasteiger partial charge is 0.341 e. The minimum atomic E-state index is -0.344. The van der Waals surface area contributed by atoms with Crippen molar-refractivity contribution in [3.8, 4) is 0 Å². The summed E-state index contributed by atoms with van der Waals surface area (Å²) < 4.78 is 12.9. The number of rotatable bonds is 2. The minimum absolute atomic E-state index is 0.0873. The van der Waals surface area contributed by atoms with E-state index < -0.39 is 0 Å². The van der Waals surface area contributed by atoms with Crippen LogP contribution in [0.1, 0.15) is 29.6 Å². The van der Waals surface area contributed by atoms with Gasteiger partial charge in [-0.05, 0) is 43.5 Å². The van der Waals surface area contributed by atoms with Gasteiger partial charge in [0.25, 0.3) is 5.91 Å². The number of hydrogen-bond donors (Lipinski definition) is 0. The molecule has 2 amide bonds. The van der Waals surface area contributed by atoms with Gasteiger partial charge in [-0.15, -0.1) is 0 Å². The van der Waals surface area contributed by atoms with Crippen LogP contribution >= 0.6 is 0 Å². The van der Waals surface area contributed by atoms with E-state index in [2.05, 4.69) is 0 Å². The molecule has 1 saturated heterocycles. The van der Waals surface area contributed by atoms with Crippen LogP contribution < -0.4 is 0 Å². The predicted octanol–water partition coefficient (Wildman–Crippen LogP) is 1.91. The van der Waals surface area contributed by atoms with E-state index in [1.807, 2.05) is 4.90 Å². The summed E-state index contributed by atoms with van der Waals surface area (Å²) in [5.74, 6) is 0.0368. The highest BCUT2D eigenvalue weighted by Crippen LogP contribution is 2.31. The predicted molar refractivity (Wildman–Crippen MR) is 76.2 cm³/mol. The zero-order chi connectivity index (χ0) is 14.8. The topological polar surface area (TPSA) is 40.6 Å². The van der Waals surface area contributed by atoms with Crippen molar-refractivity contribution < 1.29 is 14.0 Å². The van der Waals surface area contributed by atoms with Crippen molar-refractivity contribution >= 4 is 11.8 Å². The summed E-state index contributed by atoms with van der Waals surface area (Å²) in [6.45, 7) is 2.52. The van der Waals surface area contributed by atoms with Gasteiger partial charge in [-0.2, -0.15) is 0 Å². The highest BCUT2D eigenvalue weighted by molar-refractivity contribution is 5.94. The Morgan fingerprint density at radius 3 is 2.24 bits per heavy atom. The first kappa shape index (κ1) is 14.0. The number of benzene rings is 1. The summed E-state index contributed by atoms with van der Waals surface area (Å²) in [6, 6.07) is 5.62. The Morgan fingerprint density at radius 1 is 0.952 bits per heavy atom. The summed E-state index contributed by atoms with van der Waals surface area (Å²) >= 11 is 0. The van der Waals surface area contributed by atoms with Gasteiger partial charge in [-0.1, -0.05) is 0 Å². The fourth-order valence-electron chi connectivity index (χ4n) is 2.70. The third kappa shape index (κ3) is 3.23. The van der Waals surface area contributed by atoms with Crippen LogP contribution in [0.15, 0.2) is 24.3 Å². The van der Waals surface area contributed by atoms with E-state index in [1.165, 1.54) is 24.3 Å². The zero-order valence-corrected chi connectivity index (χ0v) is 11.9. The van der Waals surface area contributed by atoms with E-state index in [9.17, 15) is 14.0 Å². The summed E-state index contributed by atoms with van der Waals surface area (Å²) in [5.41, 5.74) is 0.498. The number of carbonyl (C=O) groups excluding carboxylic acids is 2. The first-order chi connectivity index (χ1) is 10.1. The van der Waals surface area contributed by atoms with E-state index in [4.69, 9.17) is 0 Å². The molecule has 1 saturated carbocycles. The van der Waals surface area contributed by atoms with Crippen molar-refractivity contribution in [2.45, 2.75) is 19.3 Å². The van der Waals surface area contributed by atoms with Crippen LogP contribution in [-0.2, 0) is 4.79 Å². The molecule has 2 aliphatic rings. The van der Waals surface area contributed by atoms with E-state index in [-0.39, 0.29) is 23.5 Å². The lowest BCUT2D eigenvalue weighted by molar-refractivity contribution is -0.132. The Balaban J connectivity index is 1.62. The van der Waals surface area contributed by atoms with Gasteiger partial charge in [0.15, 0.2) is 0 Å². The molecule has 0 unspecified atom stereocenters. The van der Waals surface area contributed by atoms with Crippen LogP contribution in [0.2, 0.25) is 0 Å². The molecule has 112 valence electrons. The lowest BCUT2D eigenvalue weighted by atomic mass is 10.2. The van der Waals surface area contributed by atoms with E-state index in [0.29, 0.717) is 25.2 Å². The second-order valence-corrected chi connectivity index (χ2v) is 5.75. The van der Waals surface area contributed by atoms with Gasteiger partial charge in [0.2, 0.25) is 5.91 Å². The normalized spacial score (nSPS) is 19.3. The number of hydrogen-bond acceptors (Lipinski definition) is 2. The van der Waals surface area contributed by atoms with Crippen molar-refractivity contribution in [3.05, 3.63) is 35.6 Å². The SMILES string of the molecule is O=C(c1ccc(F)cc1)N1CCCN(C(=O)C2CC2)CC1. The standard InChI is InChI=1S/C16H19FN2O2/c17-14-6-4-13(5-7-14)16(21)19-9-1-8-18(10-11-19)15(20)12-2-3-12/h4-7,12H,1-3,8-11H2. The van der Waals surface area contributed by atoms with Crippen LogP contribution in [0, 0.1) is 11.7 Å². The summed E-state index contributed by atoms with van der Waals surface area (Å²) in [7, 11) is 0. The fraction of sp³-hybridized carbons (Fsp3) is 0.500. The Labute approximate surface area is 123 Å². The second-order valence-electron chi connectivity index (χ2n) is 5.75. The number of carbonyl (C=O) groups is 2. The van der Waals surface area contributed by atoms with Crippen molar-refractivity contribution in [2.75, 3.05) is 26.2 Å². The number of nitrogens with zero attached hydrogens (tertiary/aromatic N) is 2. The third-order valence-electron chi connectivity index (χ3n) is 4.11. The van der Waals surface area contributed by atoms with Crippen molar-refractivity contribution in [1.29, 1.82) is 0 Å². The maximum Gasteiger partial charge on any atom is 0.253 e. The molecule has 4 nitrogen and oxygen atoms in total. The third-order valence-corrected chi connectivity index (χ3v) is 4.11. The molecular weight excluding hydrogens is 271 g/mol. The molecule has 0 bridgehead atoms. The highest BCUT2D eigenvalue weighted by atomic mass is 19.1. The van der Waals surface area contributed by atoms with Gasteiger partial charge in [-0.25, -0.2) is 4.39 Å². The van der Waals surface area contributed by atoms with E-state index in [1.54, 1.807) is 4.90 Å². The smallest absolute Gasteiger partial charge is 0.253 e. The van der Waals surface area contributed by atoms with E-state index in [0.717, 1.165) is 25.8 Å². The van der Waals surface area contributed by atoms with Gasteiger partial charge < -0.3 is 9.80 Å². The number of amides is 2. The maximum absolute atomic E-state index is 12.9. The molecule has 2 fully saturated rings. The van der Waals surface area contributed by atoms with Crippen LogP contribution in [0.3, 0.4) is 0 Å². The van der Waals surface area contributed by atoms with Gasteiger partial charge >= 0.3 is 0 Å². The van der Waals surface area contributed by atoms with Gasteiger partial charge in [0, 0.05) is 37.7 Å². The first-order valence-electron chi connectivity index (χ1n) is 7.49. The molecule has 0 atom stereocenters. The monoisotopic (exact) mass is 290 g/mol. The van der Waals surface area contributed by atoms with Gasteiger partial charge in [-0.3, -0.25) is 9.59 Å². The molecule has 0 aromatic heterocycles. The molecule has 1 aliphatic heterocycles. The first-order valence-corrected chi connectivity index (χ1v) is 7.49. The lowest BCUT2D eigenvalue weighted by Crippen LogP contribution is -2.37. The van der Waals surface area contributed by atoms with Crippen LogP contribution in [0.25, 0.3) is 0 Å². The van der Waals surface area contributed by atoms with Crippen LogP contribution in [0.4, 0.5) is 4.39 Å². The molecule has 0 N–H and O–H groups in total. The fourth-order valence-corrected chi connectivity index (χ4v) is 2.70. The molecule has 1 aromatic rings. The molecular formula is C16H19FN2O2. The minimum Gasteiger partial charge on any atom is -0.341 e. The highest BCUT2D eigenvalue weighted by Gasteiger charge is 2.34. The second kappa shape index (κ2) is 5.84. The van der Waals surface area contributed by atoms with Crippen LogP contribution in [-0.4, -0.2) is 47.8 Å². The van der Waals surface area contributed by atoms with Gasteiger partial charge in [0.05, 0.1) is 0 Å². The quantitative estimate of drug-likeness (QED) is 0.835. The lowest BCUT2D eigenvalue weighted by Gasteiger charge is -2.22. The van der Waals surface area contributed by atoms with Crippen molar-refractivity contribution in [2.24, 2.45) is 5.92 Å². The molecule has 3 rings (SSSR count). The zero-order valence-electron chi connectivity index (χ0n) is 11.9. The summed E-state index contributed by atoms with van der Waals surface area (Å²) in [6.07, 6.45) is 2.81.